The van der Waals surface area contributed by atoms with Crippen molar-refractivity contribution < 1.29 is 19.1 Å². The smallest absolute Gasteiger partial charge is 0.177 e. The molecule has 1 aliphatic heterocycles. The van der Waals surface area contributed by atoms with Crippen molar-refractivity contribution in [3.8, 4) is 17.3 Å². The summed E-state index contributed by atoms with van der Waals surface area (Å²) in [6.45, 7) is 9.49. The number of nitriles is 1. The molecule has 2 aliphatic rings. The van der Waals surface area contributed by atoms with Crippen LogP contribution in [0.25, 0.3) is 22.3 Å². The molecule has 0 spiro atoms. The number of hydrogen-bond acceptors (Lipinski definition) is 10. The van der Waals surface area contributed by atoms with E-state index in [2.05, 4.69) is 41.5 Å². The maximum absolute atomic E-state index is 11.8. The summed E-state index contributed by atoms with van der Waals surface area (Å²) in [7, 11) is -1.19. The van der Waals surface area contributed by atoms with Gasteiger partial charge in [0.25, 0.3) is 0 Å². The third-order valence-corrected chi connectivity index (χ3v) is 10.5. The number of hydrogen-bond donors (Lipinski definition) is 2. The number of carbonyl (C=O) groups excluding carboxylic acids is 1. The molecule has 2 N–H and O–H groups in total. The van der Waals surface area contributed by atoms with E-state index in [1.165, 1.54) is 12.8 Å². The van der Waals surface area contributed by atoms with Gasteiger partial charge in [-0.15, -0.1) is 0 Å². The van der Waals surface area contributed by atoms with E-state index in [4.69, 9.17) is 24.4 Å². The van der Waals surface area contributed by atoms with Gasteiger partial charge in [-0.3, -0.25) is 14.3 Å². The van der Waals surface area contributed by atoms with E-state index < -0.39 is 8.07 Å². The van der Waals surface area contributed by atoms with E-state index in [0.717, 1.165) is 73.3 Å². The number of nitrogens with zero attached hydrogens (tertiary/aromatic N) is 6. The molecule has 3 aromatic rings. The molecule has 2 atom stereocenters. The van der Waals surface area contributed by atoms with Crippen LogP contribution in [-0.2, 0) is 25.8 Å². The zero-order chi connectivity index (χ0) is 32.4. The summed E-state index contributed by atoms with van der Waals surface area (Å²) in [6.07, 6.45) is 15.8. The molecule has 12 nitrogen and oxygen atoms in total. The number of carbonyl (C=O) groups is 1. The predicted molar refractivity (Wildman–Crippen MR) is 179 cm³/mol. The first-order chi connectivity index (χ1) is 22.4. The number of rotatable bonds is 17. The standard InChI is InChI=1S/C33H48N8O4Si/c1-46(2,3)19-18-43-24-40-16-13-27-31(36-23-37-33(27)40)28-21-41(29(11-14-34)26-8-4-5-9-26)39-32(28)35-15-12-25(22-42)20-38-45-30-10-6-7-17-44-30/h12-13,16,21-23,26,29-30,38H,4-11,15,17-20,24H2,1-3H3,(H,35,39)/b25-12-. The number of aldehydes is 1. The van der Waals surface area contributed by atoms with Crippen LogP contribution in [0.15, 0.2) is 36.4 Å². The van der Waals surface area contributed by atoms with Gasteiger partial charge in [-0.2, -0.15) is 15.8 Å². The Morgan fingerprint density at radius 3 is 2.78 bits per heavy atom. The number of nitrogens with one attached hydrogen (secondary N) is 2. The minimum Gasteiger partial charge on any atom is -0.365 e. The molecular weight excluding hydrogens is 601 g/mol. The van der Waals surface area contributed by atoms with Crippen LogP contribution in [0.4, 0.5) is 5.82 Å². The highest BCUT2D eigenvalue weighted by molar-refractivity contribution is 6.76. The van der Waals surface area contributed by atoms with Crippen LogP contribution in [0.1, 0.15) is 57.4 Å². The molecule has 13 heteroatoms. The zero-order valence-electron chi connectivity index (χ0n) is 27.4. The first-order valence-electron chi connectivity index (χ1n) is 16.6. The van der Waals surface area contributed by atoms with Gasteiger partial charge in [0.05, 0.1) is 29.8 Å². The van der Waals surface area contributed by atoms with E-state index in [1.807, 2.05) is 33.8 Å². The SMILES string of the molecule is C[Si](C)(C)CCOCn1ccc2c(-c3cn(C(CC#N)C4CCCC4)nc3NC/C=C(\C=O)CNOC3CCCCO3)ncnc21. The lowest BCUT2D eigenvalue weighted by atomic mass is 9.96. The summed E-state index contributed by atoms with van der Waals surface area (Å²) in [5.41, 5.74) is 5.79. The Bertz CT molecular complexity index is 1500. The molecule has 2 fully saturated rings. The summed E-state index contributed by atoms with van der Waals surface area (Å²) < 4.78 is 15.6. The first kappa shape index (κ1) is 33.9. The van der Waals surface area contributed by atoms with Crippen LogP contribution < -0.4 is 10.8 Å². The Balaban J connectivity index is 1.36. The minimum absolute atomic E-state index is 0.0204. The summed E-state index contributed by atoms with van der Waals surface area (Å²) in [4.78, 5) is 26.7. The average Bonchev–Trinajstić information content (AvgIpc) is 3.82. The van der Waals surface area contributed by atoms with Crippen LogP contribution in [0, 0.1) is 17.2 Å². The van der Waals surface area contributed by atoms with Crippen molar-refractivity contribution in [3.63, 3.8) is 0 Å². The number of ether oxygens (including phenoxy) is 2. The lowest BCUT2D eigenvalue weighted by Gasteiger charge is -2.22. The Kier molecular flexibility index (Phi) is 12.1. The molecule has 4 heterocycles. The molecule has 1 aliphatic carbocycles. The maximum atomic E-state index is 11.8. The van der Waals surface area contributed by atoms with Crippen molar-refractivity contribution in [2.24, 2.45) is 5.92 Å². The monoisotopic (exact) mass is 648 g/mol. The van der Waals surface area contributed by atoms with Gasteiger partial charge in [0.15, 0.2) is 12.1 Å². The molecule has 248 valence electrons. The third-order valence-electron chi connectivity index (χ3n) is 8.77. The topological polar surface area (TPSA) is 141 Å². The van der Waals surface area contributed by atoms with Crippen molar-refractivity contribution in [3.05, 3.63) is 36.4 Å². The average molecular weight is 649 g/mol. The first-order valence-corrected chi connectivity index (χ1v) is 20.3. The molecule has 2 unspecified atom stereocenters. The van der Waals surface area contributed by atoms with E-state index in [-0.39, 0.29) is 18.9 Å². The minimum atomic E-state index is -1.19. The Morgan fingerprint density at radius 1 is 1.22 bits per heavy atom. The van der Waals surface area contributed by atoms with Gasteiger partial charge in [-0.05, 0) is 43.7 Å². The van der Waals surface area contributed by atoms with Crippen molar-refractivity contribution in [2.75, 3.05) is 31.6 Å². The molecule has 0 radical (unpaired) electrons. The van der Waals surface area contributed by atoms with Crippen molar-refractivity contribution in [2.45, 2.75) is 96.1 Å². The highest BCUT2D eigenvalue weighted by Gasteiger charge is 2.29. The molecule has 0 bridgehead atoms. The fourth-order valence-corrected chi connectivity index (χ4v) is 6.86. The Hall–Kier alpha value is -3.41. The second-order valence-electron chi connectivity index (χ2n) is 13.5. The van der Waals surface area contributed by atoms with E-state index in [0.29, 0.717) is 43.6 Å². The van der Waals surface area contributed by atoms with Crippen LogP contribution in [-0.4, -0.2) is 71.3 Å². The maximum Gasteiger partial charge on any atom is 0.177 e. The molecular formula is C33H48N8O4Si. The van der Waals surface area contributed by atoms with Gasteiger partial charge in [-0.25, -0.2) is 9.97 Å². The molecule has 0 aromatic carbocycles. The van der Waals surface area contributed by atoms with Gasteiger partial charge in [0.1, 0.15) is 25.0 Å². The van der Waals surface area contributed by atoms with Crippen LogP contribution >= 0.6 is 0 Å². The lowest BCUT2D eigenvalue weighted by molar-refractivity contribution is -0.195. The number of anilines is 1. The molecule has 0 amide bonds. The van der Waals surface area contributed by atoms with Crippen molar-refractivity contribution >= 4 is 31.2 Å². The van der Waals surface area contributed by atoms with Crippen molar-refractivity contribution in [1.82, 2.24) is 29.8 Å². The van der Waals surface area contributed by atoms with Crippen molar-refractivity contribution in [1.29, 1.82) is 5.26 Å². The normalized spacial score (nSPS) is 18.6. The predicted octanol–water partition coefficient (Wildman–Crippen LogP) is 5.84. The third kappa shape index (κ3) is 9.10. The van der Waals surface area contributed by atoms with Crippen LogP contribution in [0.3, 0.4) is 0 Å². The second kappa shape index (κ2) is 16.4. The summed E-state index contributed by atoms with van der Waals surface area (Å²) >= 11 is 0. The highest BCUT2D eigenvalue weighted by atomic mass is 28.3. The number of hydroxylamine groups is 1. The van der Waals surface area contributed by atoms with E-state index in [9.17, 15) is 10.1 Å². The largest absolute Gasteiger partial charge is 0.365 e. The van der Waals surface area contributed by atoms with Crippen LogP contribution in [0.5, 0.6) is 0 Å². The van der Waals surface area contributed by atoms with Gasteiger partial charge in [-0.1, -0.05) is 38.6 Å². The second-order valence-corrected chi connectivity index (χ2v) is 19.1. The number of fused-ring (bicyclic) bond motifs is 1. The van der Waals surface area contributed by atoms with Gasteiger partial charge < -0.3 is 19.4 Å². The molecule has 5 rings (SSSR count). The number of aromatic nitrogens is 5. The fourth-order valence-electron chi connectivity index (χ4n) is 6.10. The highest BCUT2D eigenvalue weighted by Crippen LogP contribution is 2.38. The van der Waals surface area contributed by atoms with E-state index in [1.54, 1.807) is 6.33 Å². The molecule has 1 saturated heterocycles. The zero-order valence-corrected chi connectivity index (χ0v) is 28.4. The Labute approximate surface area is 272 Å². The van der Waals surface area contributed by atoms with E-state index >= 15 is 0 Å². The van der Waals surface area contributed by atoms with Gasteiger partial charge >= 0.3 is 0 Å². The molecule has 3 aromatic heterocycles. The quantitative estimate of drug-likeness (QED) is 0.0603. The fraction of sp³-hybridized carbons (Fsp3) is 0.606. The summed E-state index contributed by atoms with van der Waals surface area (Å²) in [5, 5.41) is 19.0. The molecule has 46 heavy (non-hydrogen) atoms. The molecule has 1 saturated carbocycles. The Morgan fingerprint density at radius 2 is 2.04 bits per heavy atom. The van der Waals surface area contributed by atoms with Crippen LogP contribution in [0.2, 0.25) is 25.7 Å². The van der Waals surface area contributed by atoms with Gasteiger partial charge in [0.2, 0.25) is 0 Å². The lowest BCUT2D eigenvalue weighted by Crippen LogP contribution is -2.30. The summed E-state index contributed by atoms with van der Waals surface area (Å²) in [6, 6.07) is 5.49. The summed E-state index contributed by atoms with van der Waals surface area (Å²) in [5.74, 6) is 1.04. The van der Waals surface area contributed by atoms with Gasteiger partial charge in [0, 0.05) is 64.2 Å².